The Hall–Kier alpha value is -1.15. The van der Waals surface area contributed by atoms with Gasteiger partial charge in [-0.15, -0.1) is 0 Å². The zero-order valence-corrected chi connectivity index (χ0v) is 11.8. The molecule has 0 saturated heterocycles. The van der Waals surface area contributed by atoms with E-state index in [2.05, 4.69) is 18.3 Å². The fraction of sp³-hybridized carbons (Fsp3) is 0.529. The zero-order chi connectivity index (χ0) is 13.5. The molecule has 1 aliphatic carbocycles. The second-order valence-electron chi connectivity index (χ2n) is 5.33. The lowest BCUT2D eigenvalue weighted by molar-refractivity contribution is 0.513. The monoisotopic (exact) mass is 261 g/mol. The summed E-state index contributed by atoms with van der Waals surface area (Å²) in [7, 11) is 0. The van der Waals surface area contributed by atoms with E-state index in [1.807, 2.05) is 12.1 Å². The maximum absolute atomic E-state index is 13.8. The number of hydrogen-bond acceptors (Lipinski definition) is 1. The molecule has 0 saturated carbocycles. The van der Waals surface area contributed by atoms with E-state index in [-0.39, 0.29) is 5.82 Å². The SMILES string of the molecule is CCCNC(Cc1ccccc1F)C1=CCCCC1. The molecule has 0 amide bonds. The maximum Gasteiger partial charge on any atom is 0.126 e. The van der Waals surface area contributed by atoms with E-state index in [0.29, 0.717) is 6.04 Å². The first-order valence-corrected chi connectivity index (χ1v) is 7.47. The zero-order valence-electron chi connectivity index (χ0n) is 11.8. The normalized spacial score (nSPS) is 17.1. The molecule has 0 fully saturated rings. The van der Waals surface area contributed by atoms with Crippen LogP contribution in [0.15, 0.2) is 35.9 Å². The standard InChI is InChI=1S/C17H24FN/c1-2-12-19-17(14-8-4-3-5-9-14)13-15-10-6-7-11-16(15)18/h6-8,10-11,17,19H,2-5,9,12-13H2,1H3. The molecule has 1 aromatic carbocycles. The predicted molar refractivity (Wildman–Crippen MR) is 78.7 cm³/mol. The molecule has 0 heterocycles. The van der Waals surface area contributed by atoms with Gasteiger partial charge in [-0.3, -0.25) is 0 Å². The highest BCUT2D eigenvalue weighted by atomic mass is 19.1. The van der Waals surface area contributed by atoms with Crippen LogP contribution >= 0.6 is 0 Å². The molecule has 0 bridgehead atoms. The highest BCUT2D eigenvalue weighted by molar-refractivity contribution is 5.23. The number of allylic oxidation sites excluding steroid dienone is 1. The molecule has 1 unspecified atom stereocenters. The molecule has 1 atom stereocenters. The van der Waals surface area contributed by atoms with Crippen molar-refractivity contribution < 1.29 is 4.39 Å². The summed E-state index contributed by atoms with van der Waals surface area (Å²) in [6.07, 6.45) is 9.14. The first-order valence-electron chi connectivity index (χ1n) is 7.47. The van der Waals surface area contributed by atoms with E-state index >= 15 is 0 Å². The number of halogens is 1. The number of rotatable bonds is 6. The molecule has 2 rings (SSSR count). The van der Waals surface area contributed by atoms with Crippen molar-refractivity contribution in [1.82, 2.24) is 5.32 Å². The van der Waals surface area contributed by atoms with E-state index in [1.54, 1.807) is 12.1 Å². The van der Waals surface area contributed by atoms with E-state index in [0.717, 1.165) is 31.4 Å². The second-order valence-corrected chi connectivity index (χ2v) is 5.33. The van der Waals surface area contributed by atoms with Gasteiger partial charge < -0.3 is 5.32 Å². The summed E-state index contributed by atoms with van der Waals surface area (Å²) >= 11 is 0. The molecule has 1 nitrogen and oxygen atoms in total. The molecule has 104 valence electrons. The average Bonchev–Trinajstić information content (AvgIpc) is 2.46. The number of nitrogens with one attached hydrogen (secondary N) is 1. The lowest BCUT2D eigenvalue weighted by Crippen LogP contribution is -2.34. The molecule has 1 aromatic rings. The molecular formula is C17H24FN. The Labute approximate surface area is 115 Å². The Kier molecular flexibility index (Phi) is 5.59. The second kappa shape index (κ2) is 7.44. The molecule has 0 spiro atoms. The van der Waals surface area contributed by atoms with E-state index in [4.69, 9.17) is 0 Å². The summed E-state index contributed by atoms with van der Waals surface area (Å²) in [6, 6.07) is 7.44. The minimum absolute atomic E-state index is 0.0813. The Balaban J connectivity index is 2.09. The van der Waals surface area contributed by atoms with Crippen LogP contribution in [0.1, 0.15) is 44.6 Å². The van der Waals surface area contributed by atoms with Gasteiger partial charge in [0, 0.05) is 6.04 Å². The Morgan fingerprint density at radius 3 is 2.79 bits per heavy atom. The smallest absolute Gasteiger partial charge is 0.126 e. The maximum atomic E-state index is 13.8. The van der Waals surface area contributed by atoms with Crippen LogP contribution in [-0.4, -0.2) is 12.6 Å². The van der Waals surface area contributed by atoms with Crippen molar-refractivity contribution in [3.8, 4) is 0 Å². The fourth-order valence-corrected chi connectivity index (χ4v) is 2.72. The van der Waals surface area contributed by atoms with Gasteiger partial charge in [0.05, 0.1) is 0 Å². The van der Waals surface area contributed by atoms with Gasteiger partial charge in [0.1, 0.15) is 5.82 Å². The fourth-order valence-electron chi connectivity index (χ4n) is 2.72. The van der Waals surface area contributed by atoms with Crippen LogP contribution in [0.5, 0.6) is 0 Å². The third-order valence-corrected chi connectivity index (χ3v) is 3.80. The minimum atomic E-state index is -0.0813. The van der Waals surface area contributed by atoms with Crippen molar-refractivity contribution >= 4 is 0 Å². The van der Waals surface area contributed by atoms with Gasteiger partial charge in [0.25, 0.3) is 0 Å². The highest BCUT2D eigenvalue weighted by Gasteiger charge is 2.17. The lowest BCUT2D eigenvalue weighted by Gasteiger charge is -2.25. The van der Waals surface area contributed by atoms with Crippen molar-refractivity contribution in [2.24, 2.45) is 0 Å². The number of benzene rings is 1. The summed E-state index contributed by atoms with van der Waals surface area (Å²) in [6.45, 7) is 3.17. The van der Waals surface area contributed by atoms with Gasteiger partial charge in [-0.2, -0.15) is 0 Å². The van der Waals surface area contributed by atoms with Gasteiger partial charge in [0.2, 0.25) is 0 Å². The van der Waals surface area contributed by atoms with Crippen molar-refractivity contribution in [3.05, 3.63) is 47.3 Å². The van der Waals surface area contributed by atoms with Gasteiger partial charge in [-0.05, 0) is 56.7 Å². The van der Waals surface area contributed by atoms with Gasteiger partial charge in [0.15, 0.2) is 0 Å². The van der Waals surface area contributed by atoms with Crippen LogP contribution < -0.4 is 5.32 Å². The molecule has 0 radical (unpaired) electrons. The van der Waals surface area contributed by atoms with Crippen molar-refractivity contribution in [2.45, 2.75) is 51.5 Å². The lowest BCUT2D eigenvalue weighted by atomic mass is 9.90. The van der Waals surface area contributed by atoms with Crippen LogP contribution in [0.4, 0.5) is 4.39 Å². The summed E-state index contributed by atoms with van der Waals surface area (Å²) in [5.41, 5.74) is 2.30. The van der Waals surface area contributed by atoms with Crippen LogP contribution in [0.3, 0.4) is 0 Å². The summed E-state index contributed by atoms with van der Waals surface area (Å²) < 4.78 is 13.8. The van der Waals surface area contributed by atoms with Crippen LogP contribution in [0.25, 0.3) is 0 Å². The molecule has 1 aliphatic rings. The Bertz CT molecular complexity index is 425. The Morgan fingerprint density at radius 1 is 1.26 bits per heavy atom. The van der Waals surface area contributed by atoms with E-state index in [9.17, 15) is 4.39 Å². The van der Waals surface area contributed by atoms with Crippen molar-refractivity contribution in [3.63, 3.8) is 0 Å². The Morgan fingerprint density at radius 2 is 2.11 bits per heavy atom. The van der Waals surface area contributed by atoms with Crippen LogP contribution in [-0.2, 0) is 6.42 Å². The first kappa shape index (κ1) is 14.3. The summed E-state index contributed by atoms with van der Waals surface area (Å²) in [4.78, 5) is 0. The van der Waals surface area contributed by atoms with Gasteiger partial charge in [-0.25, -0.2) is 4.39 Å². The van der Waals surface area contributed by atoms with E-state index < -0.39 is 0 Å². The molecule has 19 heavy (non-hydrogen) atoms. The van der Waals surface area contributed by atoms with Crippen molar-refractivity contribution in [1.29, 1.82) is 0 Å². The quantitative estimate of drug-likeness (QED) is 0.755. The summed E-state index contributed by atoms with van der Waals surface area (Å²) in [5.74, 6) is -0.0813. The molecule has 0 aliphatic heterocycles. The average molecular weight is 261 g/mol. The van der Waals surface area contributed by atoms with Gasteiger partial charge in [-0.1, -0.05) is 36.8 Å². The molecule has 2 heteroatoms. The largest absolute Gasteiger partial charge is 0.310 e. The molecular weight excluding hydrogens is 237 g/mol. The minimum Gasteiger partial charge on any atom is -0.310 e. The third-order valence-electron chi connectivity index (χ3n) is 3.80. The van der Waals surface area contributed by atoms with Gasteiger partial charge >= 0.3 is 0 Å². The van der Waals surface area contributed by atoms with Crippen LogP contribution in [0, 0.1) is 5.82 Å². The topological polar surface area (TPSA) is 12.0 Å². The number of hydrogen-bond donors (Lipinski definition) is 1. The van der Waals surface area contributed by atoms with Crippen LogP contribution in [0.2, 0.25) is 0 Å². The molecule has 1 N–H and O–H groups in total. The highest BCUT2D eigenvalue weighted by Crippen LogP contribution is 2.23. The summed E-state index contributed by atoms with van der Waals surface area (Å²) in [5, 5.41) is 3.58. The predicted octanol–water partition coefficient (Wildman–Crippen LogP) is 4.24. The molecule has 0 aromatic heterocycles. The van der Waals surface area contributed by atoms with Crippen molar-refractivity contribution in [2.75, 3.05) is 6.54 Å². The first-order chi connectivity index (χ1) is 9.31. The third kappa shape index (κ3) is 4.17. The van der Waals surface area contributed by atoms with E-state index in [1.165, 1.54) is 24.8 Å².